The Morgan fingerprint density at radius 2 is 2.05 bits per heavy atom. The maximum Gasteiger partial charge on any atom is 0.410 e. The SMILES string of the molecule is CC(C)(C)OC(=O)N1CC[C@@H](N)[C@@H](CCC(=O)O)C1. The summed E-state index contributed by atoms with van der Waals surface area (Å²) >= 11 is 0. The number of likely N-dealkylation sites (tertiary alicyclic amines) is 1. The lowest BCUT2D eigenvalue weighted by molar-refractivity contribution is -0.137. The van der Waals surface area contributed by atoms with Gasteiger partial charge in [-0.05, 0) is 39.5 Å². The fourth-order valence-corrected chi connectivity index (χ4v) is 2.16. The highest BCUT2D eigenvalue weighted by Crippen LogP contribution is 2.22. The zero-order valence-electron chi connectivity index (χ0n) is 11.9. The second-order valence-corrected chi connectivity index (χ2v) is 6.07. The third-order valence-corrected chi connectivity index (χ3v) is 3.17. The van der Waals surface area contributed by atoms with Crippen LogP contribution >= 0.6 is 0 Å². The van der Waals surface area contributed by atoms with Crippen molar-refractivity contribution < 1.29 is 19.4 Å². The zero-order chi connectivity index (χ0) is 14.6. The standard InChI is InChI=1S/C13H24N2O4/c1-13(2,3)19-12(18)15-7-6-10(14)9(8-15)4-5-11(16)17/h9-10H,4-8,14H2,1-3H3,(H,16,17)/t9-,10+/m0/s1. The van der Waals surface area contributed by atoms with Crippen molar-refractivity contribution in [3.05, 3.63) is 0 Å². The van der Waals surface area contributed by atoms with Crippen LogP contribution in [0, 0.1) is 5.92 Å². The zero-order valence-corrected chi connectivity index (χ0v) is 11.9. The normalized spacial score (nSPS) is 24.1. The van der Waals surface area contributed by atoms with Gasteiger partial charge < -0.3 is 20.5 Å². The van der Waals surface area contributed by atoms with Crippen LogP contribution in [0.2, 0.25) is 0 Å². The summed E-state index contributed by atoms with van der Waals surface area (Å²) in [5, 5.41) is 8.71. The number of piperidine rings is 1. The van der Waals surface area contributed by atoms with Gasteiger partial charge in [0.05, 0.1) is 0 Å². The third kappa shape index (κ3) is 5.46. The second kappa shape index (κ2) is 6.23. The number of hydrogen-bond acceptors (Lipinski definition) is 4. The molecular weight excluding hydrogens is 248 g/mol. The van der Waals surface area contributed by atoms with Crippen molar-refractivity contribution >= 4 is 12.1 Å². The van der Waals surface area contributed by atoms with Gasteiger partial charge in [0.2, 0.25) is 0 Å². The van der Waals surface area contributed by atoms with Crippen molar-refractivity contribution in [1.82, 2.24) is 4.90 Å². The van der Waals surface area contributed by atoms with Crippen molar-refractivity contribution in [1.29, 1.82) is 0 Å². The van der Waals surface area contributed by atoms with Crippen LogP contribution in [-0.2, 0) is 9.53 Å². The predicted molar refractivity (Wildman–Crippen MR) is 70.8 cm³/mol. The van der Waals surface area contributed by atoms with Crippen LogP contribution in [0.4, 0.5) is 4.79 Å². The second-order valence-electron chi connectivity index (χ2n) is 6.07. The lowest BCUT2D eigenvalue weighted by Crippen LogP contribution is -2.50. The van der Waals surface area contributed by atoms with E-state index >= 15 is 0 Å². The molecular formula is C13H24N2O4. The van der Waals surface area contributed by atoms with Crippen molar-refractivity contribution in [2.45, 2.75) is 51.7 Å². The summed E-state index contributed by atoms with van der Waals surface area (Å²) < 4.78 is 5.32. The summed E-state index contributed by atoms with van der Waals surface area (Å²) in [5.41, 5.74) is 5.46. The number of nitrogens with zero attached hydrogens (tertiary/aromatic N) is 1. The number of amides is 1. The van der Waals surface area contributed by atoms with Gasteiger partial charge in [0.15, 0.2) is 0 Å². The summed E-state index contributed by atoms with van der Waals surface area (Å²) in [5.74, 6) is -0.807. The lowest BCUT2D eigenvalue weighted by atomic mass is 9.89. The summed E-state index contributed by atoms with van der Waals surface area (Å²) in [4.78, 5) is 24.2. The Morgan fingerprint density at radius 3 is 2.58 bits per heavy atom. The van der Waals surface area contributed by atoms with Gasteiger partial charge >= 0.3 is 12.1 Å². The van der Waals surface area contributed by atoms with Crippen molar-refractivity contribution in [2.75, 3.05) is 13.1 Å². The van der Waals surface area contributed by atoms with E-state index in [1.807, 2.05) is 20.8 Å². The molecule has 3 N–H and O–H groups in total. The van der Waals surface area contributed by atoms with E-state index in [1.165, 1.54) is 0 Å². The minimum Gasteiger partial charge on any atom is -0.481 e. The third-order valence-electron chi connectivity index (χ3n) is 3.17. The molecule has 0 aliphatic carbocycles. The molecule has 0 radical (unpaired) electrons. The number of rotatable bonds is 3. The first-order valence-electron chi connectivity index (χ1n) is 6.64. The van der Waals surface area contributed by atoms with Crippen molar-refractivity contribution in [2.24, 2.45) is 11.7 Å². The molecule has 1 saturated heterocycles. The van der Waals surface area contributed by atoms with Crippen molar-refractivity contribution in [3.8, 4) is 0 Å². The average molecular weight is 272 g/mol. The topological polar surface area (TPSA) is 92.9 Å². The van der Waals surface area contributed by atoms with E-state index in [4.69, 9.17) is 15.6 Å². The van der Waals surface area contributed by atoms with E-state index < -0.39 is 11.6 Å². The van der Waals surface area contributed by atoms with E-state index in [1.54, 1.807) is 4.90 Å². The quantitative estimate of drug-likeness (QED) is 0.810. The summed E-state index contributed by atoms with van der Waals surface area (Å²) in [6.07, 6.45) is 0.916. The highest BCUT2D eigenvalue weighted by molar-refractivity contribution is 5.68. The number of carboxylic acid groups (broad SMARTS) is 1. The van der Waals surface area contributed by atoms with Gasteiger partial charge in [0.1, 0.15) is 5.60 Å². The molecule has 1 aliphatic heterocycles. The molecule has 6 heteroatoms. The summed E-state index contributed by atoms with van der Waals surface area (Å²) in [6, 6.07) is -0.0435. The number of carbonyl (C=O) groups excluding carboxylic acids is 1. The first kappa shape index (κ1) is 15.8. The van der Waals surface area contributed by atoms with Crippen LogP contribution in [0.5, 0.6) is 0 Å². The number of carbonyl (C=O) groups is 2. The molecule has 1 amide bonds. The van der Waals surface area contributed by atoms with Crippen LogP contribution < -0.4 is 5.73 Å². The Morgan fingerprint density at radius 1 is 1.42 bits per heavy atom. The number of aliphatic carboxylic acids is 1. The smallest absolute Gasteiger partial charge is 0.410 e. The number of carboxylic acids is 1. The first-order chi connectivity index (χ1) is 8.69. The van der Waals surface area contributed by atoms with Crippen LogP contribution in [-0.4, -0.2) is 46.8 Å². The molecule has 0 saturated carbocycles. The molecule has 0 bridgehead atoms. The Kier molecular flexibility index (Phi) is 5.17. The molecule has 1 aliphatic rings. The van der Waals surface area contributed by atoms with Gasteiger partial charge in [-0.2, -0.15) is 0 Å². The fraction of sp³-hybridized carbons (Fsp3) is 0.846. The van der Waals surface area contributed by atoms with Gasteiger partial charge in [0.25, 0.3) is 0 Å². The molecule has 0 aromatic rings. The van der Waals surface area contributed by atoms with E-state index in [9.17, 15) is 9.59 Å². The lowest BCUT2D eigenvalue weighted by Gasteiger charge is -2.37. The van der Waals surface area contributed by atoms with E-state index in [0.29, 0.717) is 25.9 Å². The van der Waals surface area contributed by atoms with Gasteiger partial charge in [-0.25, -0.2) is 4.79 Å². The fourth-order valence-electron chi connectivity index (χ4n) is 2.16. The van der Waals surface area contributed by atoms with E-state index in [-0.39, 0.29) is 24.5 Å². The van der Waals surface area contributed by atoms with Crippen LogP contribution in [0.3, 0.4) is 0 Å². The Balaban J connectivity index is 2.53. The molecule has 110 valence electrons. The first-order valence-corrected chi connectivity index (χ1v) is 6.64. The average Bonchev–Trinajstić information content (AvgIpc) is 2.25. The molecule has 1 fully saturated rings. The largest absolute Gasteiger partial charge is 0.481 e. The molecule has 6 nitrogen and oxygen atoms in total. The molecule has 2 atom stereocenters. The van der Waals surface area contributed by atoms with Gasteiger partial charge in [-0.1, -0.05) is 0 Å². The van der Waals surface area contributed by atoms with Crippen LogP contribution in [0.1, 0.15) is 40.0 Å². The minimum absolute atomic E-state index is 0.0253. The van der Waals surface area contributed by atoms with Gasteiger partial charge in [-0.3, -0.25) is 4.79 Å². The molecule has 19 heavy (non-hydrogen) atoms. The summed E-state index contributed by atoms with van der Waals surface area (Å²) in [6.45, 7) is 6.51. The molecule has 0 aromatic carbocycles. The monoisotopic (exact) mass is 272 g/mol. The number of hydrogen-bond donors (Lipinski definition) is 2. The maximum absolute atomic E-state index is 12.0. The highest BCUT2D eigenvalue weighted by Gasteiger charge is 2.31. The Labute approximate surface area is 113 Å². The maximum atomic E-state index is 12.0. The Bertz CT molecular complexity index is 338. The molecule has 1 rings (SSSR count). The minimum atomic E-state index is -0.832. The number of nitrogens with two attached hydrogens (primary N) is 1. The molecule has 0 aromatic heterocycles. The number of ether oxygens (including phenoxy) is 1. The van der Waals surface area contributed by atoms with Crippen LogP contribution in [0.25, 0.3) is 0 Å². The molecule has 1 heterocycles. The predicted octanol–water partition coefficient (Wildman–Crippen LogP) is 1.44. The highest BCUT2D eigenvalue weighted by atomic mass is 16.6. The van der Waals surface area contributed by atoms with Gasteiger partial charge in [-0.15, -0.1) is 0 Å². The van der Waals surface area contributed by atoms with Crippen molar-refractivity contribution in [3.63, 3.8) is 0 Å². The van der Waals surface area contributed by atoms with E-state index in [0.717, 1.165) is 0 Å². The molecule has 0 spiro atoms. The van der Waals surface area contributed by atoms with E-state index in [2.05, 4.69) is 0 Å². The summed E-state index contributed by atoms with van der Waals surface area (Å²) in [7, 11) is 0. The Hall–Kier alpha value is -1.30. The van der Waals surface area contributed by atoms with Crippen LogP contribution in [0.15, 0.2) is 0 Å². The van der Waals surface area contributed by atoms with Gasteiger partial charge in [0, 0.05) is 25.6 Å². The molecule has 0 unspecified atom stereocenters.